The van der Waals surface area contributed by atoms with E-state index in [1.807, 2.05) is 0 Å². The van der Waals surface area contributed by atoms with Crippen LogP contribution in [0.1, 0.15) is 16.7 Å². The third-order valence-corrected chi connectivity index (χ3v) is 4.12. The predicted molar refractivity (Wildman–Crippen MR) is 88.3 cm³/mol. The summed E-state index contributed by atoms with van der Waals surface area (Å²) >= 11 is 20.7. The van der Waals surface area contributed by atoms with E-state index in [0.29, 0.717) is 11.1 Å². The third-order valence-electron chi connectivity index (χ3n) is 2.88. The van der Waals surface area contributed by atoms with Gasteiger partial charge >= 0.3 is 6.18 Å². The van der Waals surface area contributed by atoms with Gasteiger partial charge in [-0.25, -0.2) is 0 Å². The largest absolute Gasteiger partial charge is 0.417 e. The van der Waals surface area contributed by atoms with Crippen molar-refractivity contribution in [1.82, 2.24) is 0 Å². The van der Waals surface area contributed by atoms with Gasteiger partial charge < -0.3 is 0 Å². The van der Waals surface area contributed by atoms with Gasteiger partial charge in [-0.2, -0.15) is 13.2 Å². The molecule has 7 heteroatoms. The lowest BCUT2D eigenvalue weighted by Gasteiger charge is -2.14. The van der Waals surface area contributed by atoms with E-state index in [-0.39, 0.29) is 15.1 Å². The minimum Gasteiger partial charge on any atom is -0.166 e. The SMILES string of the molecule is FC(F)(F)c1cc(C(=C(Cl)Cl)c2ccc(Br)cc2)ccc1Cl. The first-order chi connectivity index (χ1) is 10.2. The first-order valence-corrected chi connectivity index (χ1v) is 7.81. The predicted octanol–water partition coefficient (Wildman–Crippen LogP) is 7.32. The Bertz CT molecular complexity index is 718. The quantitative estimate of drug-likeness (QED) is 0.468. The van der Waals surface area contributed by atoms with Crippen LogP contribution in [0.3, 0.4) is 0 Å². The summed E-state index contributed by atoms with van der Waals surface area (Å²) in [5.74, 6) is 0. The molecule has 2 rings (SSSR count). The Balaban J connectivity index is 2.61. The molecule has 0 radical (unpaired) electrons. The highest BCUT2D eigenvalue weighted by molar-refractivity contribution is 9.10. The Labute approximate surface area is 148 Å². The number of benzene rings is 2. The van der Waals surface area contributed by atoms with E-state index in [1.165, 1.54) is 12.1 Å². The third kappa shape index (κ3) is 3.99. The van der Waals surface area contributed by atoms with Gasteiger partial charge in [-0.3, -0.25) is 0 Å². The highest BCUT2D eigenvalue weighted by atomic mass is 79.9. The lowest BCUT2D eigenvalue weighted by atomic mass is 9.98. The smallest absolute Gasteiger partial charge is 0.166 e. The molecule has 0 nitrogen and oxygen atoms in total. The van der Waals surface area contributed by atoms with Crippen LogP contribution in [0.15, 0.2) is 51.4 Å². The van der Waals surface area contributed by atoms with Crippen molar-refractivity contribution in [3.8, 4) is 0 Å². The molecule has 0 aliphatic heterocycles. The van der Waals surface area contributed by atoms with E-state index in [2.05, 4.69) is 15.9 Å². The van der Waals surface area contributed by atoms with Gasteiger partial charge in [0.2, 0.25) is 0 Å². The van der Waals surface area contributed by atoms with Crippen LogP contribution in [0.25, 0.3) is 5.57 Å². The summed E-state index contributed by atoms with van der Waals surface area (Å²) in [5.41, 5.74) is 0.201. The zero-order chi connectivity index (χ0) is 16.5. The van der Waals surface area contributed by atoms with E-state index in [1.54, 1.807) is 24.3 Å². The average Bonchev–Trinajstić information content (AvgIpc) is 2.41. The van der Waals surface area contributed by atoms with Crippen LogP contribution in [0.4, 0.5) is 13.2 Å². The van der Waals surface area contributed by atoms with E-state index in [0.717, 1.165) is 10.5 Å². The molecule has 0 aliphatic rings. The van der Waals surface area contributed by atoms with E-state index < -0.39 is 11.7 Å². The van der Waals surface area contributed by atoms with Gasteiger partial charge in [-0.05, 0) is 35.4 Å². The van der Waals surface area contributed by atoms with Crippen molar-refractivity contribution in [3.05, 3.63) is 73.1 Å². The highest BCUT2D eigenvalue weighted by Gasteiger charge is 2.33. The fourth-order valence-electron chi connectivity index (χ4n) is 1.90. The summed E-state index contributed by atoms with van der Waals surface area (Å²) in [7, 11) is 0. The van der Waals surface area contributed by atoms with Crippen LogP contribution in [0, 0.1) is 0 Å². The van der Waals surface area contributed by atoms with E-state index in [9.17, 15) is 13.2 Å². The maximum atomic E-state index is 13.0. The molecule has 0 saturated heterocycles. The Hall–Kier alpha value is -0.680. The molecule has 0 amide bonds. The molecule has 2 aromatic rings. The number of hydrogen-bond donors (Lipinski definition) is 0. The fourth-order valence-corrected chi connectivity index (χ4v) is 2.82. The summed E-state index contributed by atoms with van der Waals surface area (Å²) < 4.78 is 39.6. The van der Waals surface area contributed by atoms with Crippen LogP contribution >= 0.6 is 50.7 Å². The summed E-state index contributed by atoms with van der Waals surface area (Å²) in [5, 5.41) is -0.378. The summed E-state index contributed by atoms with van der Waals surface area (Å²) in [4.78, 5) is 0. The molecule has 0 atom stereocenters. The maximum absolute atomic E-state index is 13.0. The zero-order valence-electron chi connectivity index (χ0n) is 10.7. The molecule has 0 unspecified atom stereocenters. The van der Waals surface area contributed by atoms with Gasteiger partial charge in [0, 0.05) is 10.0 Å². The molecule has 0 aliphatic carbocycles. The average molecular weight is 430 g/mol. The van der Waals surface area contributed by atoms with Gasteiger partial charge in [0.25, 0.3) is 0 Å². The Kier molecular flexibility index (Phi) is 5.49. The lowest BCUT2D eigenvalue weighted by Crippen LogP contribution is -2.06. The maximum Gasteiger partial charge on any atom is 0.417 e. The van der Waals surface area contributed by atoms with Crippen molar-refractivity contribution < 1.29 is 13.2 Å². The molecule has 0 saturated carbocycles. The molecule has 0 aromatic heterocycles. The molecule has 0 bridgehead atoms. The van der Waals surface area contributed by atoms with Crippen molar-refractivity contribution in [2.75, 3.05) is 0 Å². The van der Waals surface area contributed by atoms with Crippen LogP contribution in [-0.2, 0) is 6.18 Å². The second-order valence-corrected chi connectivity index (χ2v) is 6.61. The van der Waals surface area contributed by atoms with Crippen LogP contribution in [-0.4, -0.2) is 0 Å². The first kappa shape index (κ1) is 17.7. The van der Waals surface area contributed by atoms with Crippen LogP contribution in [0.5, 0.6) is 0 Å². The van der Waals surface area contributed by atoms with Gasteiger partial charge in [0.1, 0.15) is 4.49 Å². The monoisotopic (exact) mass is 428 g/mol. The lowest BCUT2D eigenvalue weighted by molar-refractivity contribution is -0.137. The van der Waals surface area contributed by atoms with Crippen LogP contribution < -0.4 is 0 Å². The second kappa shape index (κ2) is 6.83. The van der Waals surface area contributed by atoms with Crippen molar-refractivity contribution in [3.63, 3.8) is 0 Å². The molecular weight excluding hydrogens is 423 g/mol. The molecule has 0 fully saturated rings. The van der Waals surface area contributed by atoms with Crippen molar-refractivity contribution >= 4 is 56.3 Å². The van der Waals surface area contributed by atoms with Gasteiger partial charge in [-0.15, -0.1) is 0 Å². The number of alkyl halides is 3. The fraction of sp³-hybridized carbons (Fsp3) is 0.0667. The number of hydrogen-bond acceptors (Lipinski definition) is 0. The number of rotatable bonds is 2. The molecule has 0 spiro atoms. The molecule has 22 heavy (non-hydrogen) atoms. The summed E-state index contributed by atoms with van der Waals surface area (Å²) in [6.45, 7) is 0. The topological polar surface area (TPSA) is 0 Å². The van der Waals surface area contributed by atoms with Crippen molar-refractivity contribution in [2.45, 2.75) is 6.18 Å². The van der Waals surface area contributed by atoms with E-state index >= 15 is 0 Å². The Morgan fingerprint density at radius 2 is 1.45 bits per heavy atom. The van der Waals surface area contributed by atoms with Gasteiger partial charge in [-0.1, -0.05) is 68.9 Å². The molecule has 116 valence electrons. The minimum absolute atomic E-state index is 0.127. The standard InChI is InChI=1S/C15H7BrCl3F3/c16-10-4-1-8(2-5-10)13(14(18)19)9-3-6-12(17)11(7-9)15(20,21)22/h1-7H. The summed E-state index contributed by atoms with van der Waals surface area (Å²) in [6.07, 6.45) is -4.56. The van der Waals surface area contributed by atoms with Crippen molar-refractivity contribution in [1.29, 1.82) is 0 Å². The minimum atomic E-state index is -4.56. The molecule has 0 heterocycles. The van der Waals surface area contributed by atoms with Gasteiger partial charge in [0.15, 0.2) is 0 Å². The normalized spacial score (nSPS) is 11.4. The zero-order valence-corrected chi connectivity index (χ0v) is 14.5. The molecule has 2 aromatic carbocycles. The second-order valence-electron chi connectivity index (χ2n) is 4.33. The van der Waals surface area contributed by atoms with Gasteiger partial charge in [0.05, 0.1) is 10.6 Å². The summed E-state index contributed by atoms with van der Waals surface area (Å²) in [6, 6.07) is 10.4. The Morgan fingerprint density at radius 3 is 1.95 bits per heavy atom. The Morgan fingerprint density at radius 1 is 0.909 bits per heavy atom. The molecule has 0 N–H and O–H groups in total. The molecular formula is C15H7BrCl3F3. The van der Waals surface area contributed by atoms with E-state index in [4.69, 9.17) is 34.8 Å². The first-order valence-electron chi connectivity index (χ1n) is 5.88. The van der Waals surface area contributed by atoms with Crippen LogP contribution in [0.2, 0.25) is 5.02 Å². The van der Waals surface area contributed by atoms with Crippen molar-refractivity contribution in [2.24, 2.45) is 0 Å². The number of halogens is 7. The highest BCUT2D eigenvalue weighted by Crippen LogP contribution is 2.39.